The number of alkyl halides is 3. The second-order valence-corrected chi connectivity index (χ2v) is 8.37. The van der Waals surface area contributed by atoms with Crippen LogP contribution in [0.2, 0.25) is 0 Å². The molecule has 12 heteroatoms. The Balaban J connectivity index is 1.41. The Morgan fingerprint density at radius 2 is 2.12 bits per heavy atom. The molecule has 0 aliphatic heterocycles. The number of aromatic nitrogens is 5. The van der Waals surface area contributed by atoms with Crippen LogP contribution in [-0.2, 0) is 4.74 Å². The molecule has 0 bridgehead atoms. The number of hydrogen-bond donors (Lipinski definition) is 3. The molecule has 1 saturated carbocycles. The number of fused-ring (bicyclic) bond motifs is 2. The fourth-order valence-corrected chi connectivity index (χ4v) is 3.95. The number of rotatable bonds is 6. The summed E-state index contributed by atoms with van der Waals surface area (Å²) in [6, 6.07) is 1.79. The maximum absolute atomic E-state index is 12.9. The number of methoxy groups -OCH3 is 1. The van der Waals surface area contributed by atoms with Crippen LogP contribution in [0.1, 0.15) is 30.1 Å². The van der Waals surface area contributed by atoms with Gasteiger partial charge in [-0.2, -0.15) is 23.3 Å². The number of nitrogens with one attached hydrogen (secondary N) is 3. The van der Waals surface area contributed by atoms with Crippen molar-refractivity contribution in [1.82, 2.24) is 29.9 Å². The van der Waals surface area contributed by atoms with Crippen LogP contribution in [-0.4, -0.2) is 61.9 Å². The third-order valence-electron chi connectivity index (χ3n) is 6.11. The first-order valence-electron chi connectivity index (χ1n) is 10.7. The van der Waals surface area contributed by atoms with Gasteiger partial charge in [-0.1, -0.05) is 0 Å². The van der Waals surface area contributed by atoms with Gasteiger partial charge in [0.15, 0.2) is 0 Å². The molecule has 34 heavy (non-hydrogen) atoms. The first kappa shape index (κ1) is 22.1. The zero-order valence-corrected chi connectivity index (χ0v) is 18.3. The summed E-state index contributed by atoms with van der Waals surface area (Å²) in [5.74, 6) is -0.328. The Labute approximate surface area is 191 Å². The zero-order chi connectivity index (χ0) is 24.0. The summed E-state index contributed by atoms with van der Waals surface area (Å²) in [6.07, 6.45) is 3.92. The van der Waals surface area contributed by atoms with Gasteiger partial charge in [0.1, 0.15) is 11.7 Å². The van der Waals surface area contributed by atoms with Crippen molar-refractivity contribution in [3.63, 3.8) is 0 Å². The highest BCUT2D eigenvalue weighted by Gasteiger charge is 2.37. The van der Waals surface area contributed by atoms with Crippen molar-refractivity contribution in [3.05, 3.63) is 42.5 Å². The number of carbonyl (C=O) groups excluding carboxylic acids is 1. The highest BCUT2D eigenvalue weighted by molar-refractivity contribution is 6.02. The normalized spacial score (nSPS) is 19.2. The molecule has 0 aromatic carbocycles. The maximum Gasteiger partial charge on any atom is 0.408 e. The summed E-state index contributed by atoms with van der Waals surface area (Å²) in [4.78, 5) is 24.6. The highest BCUT2D eigenvalue weighted by Crippen LogP contribution is 2.30. The number of H-pyrrole nitrogens is 1. The summed E-state index contributed by atoms with van der Waals surface area (Å²) in [6.45, 7) is 0.894. The molecular formula is C22H22F3N7O2. The molecule has 1 amide bonds. The number of nitrogens with zero attached hydrogens (tertiary/aromatic N) is 4. The van der Waals surface area contributed by atoms with E-state index in [0.717, 1.165) is 36.3 Å². The van der Waals surface area contributed by atoms with Gasteiger partial charge in [0.2, 0.25) is 5.95 Å². The predicted molar refractivity (Wildman–Crippen MR) is 118 cm³/mol. The van der Waals surface area contributed by atoms with Gasteiger partial charge in [-0.3, -0.25) is 4.79 Å². The van der Waals surface area contributed by atoms with E-state index < -0.39 is 18.1 Å². The standard InChI is InChI=1S/C22H22F3N7O2/c1-11(22(23,24)25)29-20(33)17-10-28-32-4-3-12(5-18(17)32)15-8-26-19-16(15)9-27-21(31-19)30-13-6-14(7-13)34-2/h3-5,8-11,13-14H,6-7H2,1-2H3,(H,29,33)(H2,26,27,30,31)/t11?,13-,14+. The Morgan fingerprint density at radius 3 is 2.85 bits per heavy atom. The molecule has 9 nitrogen and oxygen atoms in total. The summed E-state index contributed by atoms with van der Waals surface area (Å²) in [5.41, 5.74) is 2.61. The van der Waals surface area contributed by atoms with Crippen molar-refractivity contribution >= 4 is 28.4 Å². The van der Waals surface area contributed by atoms with Crippen molar-refractivity contribution in [2.75, 3.05) is 12.4 Å². The minimum atomic E-state index is -4.54. The lowest BCUT2D eigenvalue weighted by Crippen LogP contribution is -2.43. The van der Waals surface area contributed by atoms with Crippen LogP contribution in [0.25, 0.3) is 27.7 Å². The van der Waals surface area contributed by atoms with Crippen molar-refractivity contribution < 1.29 is 22.7 Å². The Bertz CT molecular complexity index is 1360. The summed E-state index contributed by atoms with van der Waals surface area (Å²) in [7, 11) is 1.70. The van der Waals surface area contributed by atoms with E-state index in [2.05, 4.69) is 25.4 Å². The minimum Gasteiger partial charge on any atom is -0.381 e. The molecule has 3 N–H and O–H groups in total. The zero-order valence-electron chi connectivity index (χ0n) is 18.3. The SMILES string of the molecule is CO[C@H]1C[C@@H](Nc2ncc3c(-c4ccn5ncc(C(=O)NC(C)C(F)(F)F)c5c4)c[nH]c3n2)C1. The quantitative estimate of drug-likeness (QED) is 0.395. The average Bonchev–Trinajstić information content (AvgIpc) is 3.38. The summed E-state index contributed by atoms with van der Waals surface area (Å²) >= 11 is 0. The average molecular weight is 473 g/mol. The van der Waals surface area contributed by atoms with Gasteiger partial charge in [0.25, 0.3) is 5.91 Å². The van der Waals surface area contributed by atoms with Crippen molar-refractivity contribution in [1.29, 1.82) is 0 Å². The number of ether oxygens (including phenoxy) is 1. The Kier molecular flexibility index (Phi) is 5.39. The molecular weight excluding hydrogens is 451 g/mol. The number of halogens is 3. The van der Waals surface area contributed by atoms with Crippen LogP contribution < -0.4 is 10.6 Å². The molecule has 1 fully saturated rings. The second kappa shape index (κ2) is 8.28. The van der Waals surface area contributed by atoms with E-state index in [1.54, 1.807) is 37.8 Å². The molecule has 178 valence electrons. The van der Waals surface area contributed by atoms with Crippen LogP contribution in [0.4, 0.5) is 19.1 Å². The van der Waals surface area contributed by atoms with Crippen LogP contribution in [0.5, 0.6) is 0 Å². The lowest BCUT2D eigenvalue weighted by Gasteiger charge is -2.34. The van der Waals surface area contributed by atoms with E-state index in [4.69, 9.17) is 4.74 Å². The maximum atomic E-state index is 12.9. The molecule has 0 radical (unpaired) electrons. The Morgan fingerprint density at radius 1 is 1.32 bits per heavy atom. The highest BCUT2D eigenvalue weighted by atomic mass is 19.4. The molecule has 1 aliphatic carbocycles. The largest absolute Gasteiger partial charge is 0.408 e. The molecule has 1 unspecified atom stereocenters. The first-order chi connectivity index (χ1) is 16.2. The lowest BCUT2D eigenvalue weighted by atomic mass is 9.89. The van der Waals surface area contributed by atoms with Gasteiger partial charge >= 0.3 is 6.18 Å². The third-order valence-corrected chi connectivity index (χ3v) is 6.11. The number of aromatic amines is 1. The fourth-order valence-electron chi connectivity index (χ4n) is 3.95. The van der Waals surface area contributed by atoms with Crippen molar-refractivity contribution in [2.24, 2.45) is 0 Å². The third kappa shape index (κ3) is 4.04. The number of carbonyl (C=O) groups is 1. The van der Waals surface area contributed by atoms with Gasteiger partial charge in [0, 0.05) is 42.7 Å². The molecule has 0 saturated heterocycles. The molecule has 5 rings (SSSR count). The molecule has 1 atom stereocenters. The molecule has 0 spiro atoms. The van der Waals surface area contributed by atoms with E-state index in [1.807, 2.05) is 5.32 Å². The van der Waals surface area contributed by atoms with Gasteiger partial charge < -0.3 is 20.4 Å². The number of pyridine rings is 1. The molecule has 4 aromatic heterocycles. The van der Waals surface area contributed by atoms with Crippen molar-refractivity contribution in [3.8, 4) is 11.1 Å². The van der Waals surface area contributed by atoms with Gasteiger partial charge in [-0.25, -0.2) is 9.50 Å². The van der Waals surface area contributed by atoms with E-state index in [0.29, 0.717) is 17.1 Å². The number of hydrogen-bond acceptors (Lipinski definition) is 6. The van der Waals surface area contributed by atoms with Gasteiger partial charge in [-0.15, -0.1) is 0 Å². The Hall–Kier alpha value is -3.67. The fraction of sp³-hybridized carbons (Fsp3) is 0.364. The van der Waals surface area contributed by atoms with Crippen LogP contribution in [0.3, 0.4) is 0 Å². The minimum absolute atomic E-state index is 0.0513. The molecule has 4 heterocycles. The van der Waals surface area contributed by atoms with E-state index in [-0.39, 0.29) is 17.7 Å². The van der Waals surface area contributed by atoms with E-state index >= 15 is 0 Å². The lowest BCUT2D eigenvalue weighted by molar-refractivity contribution is -0.149. The summed E-state index contributed by atoms with van der Waals surface area (Å²) < 4.78 is 45.3. The van der Waals surface area contributed by atoms with Crippen LogP contribution in [0.15, 0.2) is 36.9 Å². The second-order valence-electron chi connectivity index (χ2n) is 8.37. The topological polar surface area (TPSA) is 109 Å². The summed E-state index contributed by atoms with van der Waals surface area (Å²) in [5, 5.41) is 10.1. The predicted octanol–water partition coefficient (Wildman–Crippen LogP) is 3.54. The van der Waals surface area contributed by atoms with Crippen LogP contribution >= 0.6 is 0 Å². The smallest absolute Gasteiger partial charge is 0.381 e. The number of anilines is 1. The first-order valence-corrected chi connectivity index (χ1v) is 10.7. The number of amides is 1. The van der Waals surface area contributed by atoms with Gasteiger partial charge in [0.05, 0.1) is 23.4 Å². The molecule has 1 aliphatic rings. The van der Waals surface area contributed by atoms with Gasteiger partial charge in [-0.05, 0) is 37.5 Å². The van der Waals surface area contributed by atoms with Crippen molar-refractivity contribution in [2.45, 2.75) is 44.1 Å². The monoisotopic (exact) mass is 473 g/mol. The van der Waals surface area contributed by atoms with E-state index in [9.17, 15) is 18.0 Å². The molecule has 4 aromatic rings. The van der Waals surface area contributed by atoms with E-state index in [1.165, 1.54) is 10.7 Å². The van der Waals surface area contributed by atoms with Crippen LogP contribution in [0, 0.1) is 0 Å².